The first-order chi connectivity index (χ1) is 7.15. The maximum atomic E-state index is 11.9. The number of hydrogen-bond acceptors (Lipinski definition) is 2. The van der Waals surface area contributed by atoms with Crippen molar-refractivity contribution in [1.29, 1.82) is 0 Å². The molecule has 0 fully saturated rings. The lowest BCUT2D eigenvalue weighted by atomic mass is 9.86. The first-order valence-electron chi connectivity index (χ1n) is 5.04. The second-order valence-corrected chi connectivity index (χ2v) is 3.71. The molecular weight excluding hydrogens is 188 g/mol. The molecule has 1 aromatic rings. The Morgan fingerprint density at radius 1 is 1.20 bits per heavy atom. The summed E-state index contributed by atoms with van der Waals surface area (Å²) in [6, 6.07) is 5.46. The molecule has 0 bridgehead atoms. The molecule has 2 rings (SSSR count). The van der Waals surface area contributed by atoms with E-state index in [2.05, 4.69) is 0 Å². The van der Waals surface area contributed by atoms with Crippen molar-refractivity contribution in [2.24, 2.45) is 0 Å². The van der Waals surface area contributed by atoms with Crippen LogP contribution in [0.5, 0.6) is 0 Å². The molecule has 0 radical (unpaired) electrons. The van der Waals surface area contributed by atoms with Crippen LogP contribution in [0, 0.1) is 0 Å². The summed E-state index contributed by atoms with van der Waals surface area (Å²) in [5, 5.41) is 0. The van der Waals surface area contributed by atoms with Gasteiger partial charge in [0.2, 0.25) is 0 Å². The molecule has 0 aliphatic heterocycles. The molecule has 2 nitrogen and oxygen atoms in total. The van der Waals surface area contributed by atoms with Gasteiger partial charge in [-0.3, -0.25) is 9.59 Å². The van der Waals surface area contributed by atoms with E-state index in [9.17, 15) is 9.59 Å². The highest BCUT2D eigenvalue weighted by Gasteiger charge is 2.24. The molecule has 1 aliphatic carbocycles. The minimum Gasteiger partial charge on any atom is -0.289 e. The van der Waals surface area contributed by atoms with Crippen LogP contribution in [0.25, 0.3) is 0 Å². The van der Waals surface area contributed by atoms with Gasteiger partial charge in [0.25, 0.3) is 0 Å². The average molecular weight is 200 g/mol. The second kappa shape index (κ2) is 3.46. The van der Waals surface area contributed by atoms with Crippen LogP contribution in [0.4, 0.5) is 0 Å². The van der Waals surface area contributed by atoms with E-state index in [-0.39, 0.29) is 11.6 Å². The predicted octanol–water partition coefficient (Wildman–Crippen LogP) is 2.57. The molecule has 0 spiro atoms. The van der Waals surface area contributed by atoms with Crippen LogP contribution in [0.3, 0.4) is 0 Å². The second-order valence-electron chi connectivity index (χ2n) is 3.71. The Morgan fingerprint density at radius 3 is 2.60 bits per heavy atom. The average Bonchev–Trinajstić information content (AvgIpc) is 2.25. The van der Waals surface area contributed by atoms with Crippen molar-refractivity contribution in [1.82, 2.24) is 0 Å². The molecule has 1 aromatic carbocycles. The number of carbonyl (C=O) groups excluding carboxylic acids is 2. The predicted molar refractivity (Wildman–Crippen MR) is 58.2 cm³/mol. The van der Waals surface area contributed by atoms with E-state index < -0.39 is 0 Å². The van der Waals surface area contributed by atoms with Gasteiger partial charge in [-0.1, -0.05) is 25.1 Å². The first-order valence-corrected chi connectivity index (χ1v) is 5.04. The molecule has 0 amide bonds. The number of rotatable bonds is 1. The summed E-state index contributed by atoms with van der Waals surface area (Å²) >= 11 is 0. The van der Waals surface area contributed by atoms with Crippen LogP contribution in [0.2, 0.25) is 0 Å². The minimum absolute atomic E-state index is 0.0120. The molecule has 0 saturated carbocycles. The number of fused-ring (bicyclic) bond motifs is 1. The van der Waals surface area contributed by atoms with Gasteiger partial charge in [0.1, 0.15) is 0 Å². The fourth-order valence-electron chi connectivity index (χ4n) is 1.91. The van der Waals surface area contributed by atoms with Crippen LogP contribution in [-0.2, 0) is 6.42 Å². The smallest absolute Gasteiger partial charge is 0.189 e. The standard InChI is InChI=1S/C13H12O2/c1-3-9-5-4-6-10-11(14)7-8(2)13(15)12(9)10/h4-7H,3H2,1-2H3. The summed E-state index contributed by atoms with van der Waals surface area (Å²) in [5.41, 5.74) is 2.64. The van der Waals surface area contributed by atoms with Gasteiger partial charge in [-0.25, -0.2) is 0 Å². The van der Waals surface area contributed by atoms with Gasteiger partial charge < -0.3 is 0 Å². The van der Waals surface area contributed by atoms with Crippen molar-refractivity contribution in [3.8, 4) is 0 Å². The lowest BCUT2D eigenvalue weighted by Crippen LogP contribution is -2.17. The fraction of sp³-hybridized carbons (Fsp3) is 0.231. The first kappa shape index (κ1) is 9.84. The Labute approximate surface area is 88.6 Å². The van der Waals surface area contributed by atoms with E-state index in [4.69, 9.17) is 0 Å². The normalized spacial score (nSPS) is 14.9. The molecule has 2 heteroatoms. The summed E-state index contributed by atoms with van der Waals surface area (Å²) in [6.45, 7) is 3.68. The zero-order valence-corrected chi connectivity index (χ0v) is 8.83. The summed E-state index contributed by atoms with van der Waals surface area (Å²) < 4.78 is 0. The Balaban J connectivity index is 2.72. The molecule has 0 atom stereocenters. The van der Waals surface area contributed by atoms with Crippen molar-refractivity contribution in [3.05, 3.63) is 46.5 Å². The van der Waals surface area contributed by atoms with Gasteiger partial charge in [0.15, 0.2) is 11.6 Å². The van der Waals surface area contributed by atoms with E-state index in [1.54, 1.807) is 13.0 Å². The number of ketones is 2. The molecule has 0 heterocycles. The summed E-state index contributed by atoms with van der Waals surface area (Å²) in [6.07, 6.45) is 2.19. The van der Waals surface area contributed by atoms with Gasteiger partial charge in [0, 0.05) is 16.7 Å². The maximum absolute atomic E-state index is 11.9. The van der Waals surface area contributed by atoms with Gasteiger partial charge in [-0.2, -0.15) is 0 Å². The monoisotopic (exact) mass is 200 g/mol. The van der Waals surface area contributed by atoms with Gasteiger partial charge in [-0.05, 0) is 25.0 Å². The summed E-state index contributed by atoms with van der Waals surface area (Å²) in [7, 11) is 0. The summed E-state index contributed by atoms with van der Waals surface area (Å²) in [5.74, 6) is -0.0700. The van der Waals surface area contributed by atoms with Gasteiger partial charge in [0.05, 0.1) is 0 Å². The van der Waals surface area contributed by atoms with E-state index >= 15 is 0 Å². The zero-order valence-electron chi connectivity index (χ0n) is 8.83. The number of aryl methyl sites for hydroxylation is 1. The Morgan fingerprint density at radius 2 is 1.93 bits per heavy atom. The van der Waals surface area contributed by atoms with Crippen LogP contribution >= 0.6 is 0 Å². The SMILES string of the molecule is CCc1cccc2c1C(=O)C(C)=CC2=O. The van der Waals surface area contributed by atoms with E-state index in [1.807, 2.05) is 19.1 Å². The van der Waals surface area contributed by atoms with Crippen LogP contribution in [0.1, 0.15) is 40.1 Å². The third kappa shape index (κ3) is 1.42. The van der Waals surface area contributed by atoms with Crippen molar-refractivity contribution in [3.63, 3.8) is 0 Å². The van der Waals surface area contributed by atoms with Gasteiger partial charge >= 0.3 is 0 Å². The highest BCUT2D eigenvalue weighted by Crippen LogP contribution is 2.24. The van der Waals surface area contributed by atoms with Crippen molar-refractivity contribution >= 4 is 11.6 Å². The fourth-order valence-corrected chi connectivity index (χ4v) is 1.91. The third-order valence-corrected chi connectivity index (χ3v) is 2.73. The van der Waals surface area contributed by atoms with Crippen molar-refractivity contribution in [2.45, 2.75) is 20.3 Å². The number of allylic oxidation sites excluding steroid dienone is 2. The minimum atomic E-state index is -0.0580. The van der Waals surface area contributed by atoms with Crippen LogP contribution in [0.15, 0.2) is 29.8 Å². The van der Waals surface area contributed by atoms with E-state index in [0.717, 1.165) is 12.0 Å². The molecular formula is C13H12O2. The zero-order chi connectivity index (χ0) is 11.0. The summed E-state index contributed by atoms with van der Waals surface area (Å²) in [4.78, 5) is 23.6. The van der Waals surface area contributed by atoms with Crippen LogP contribution < -0.4 is 0 Å². The number of carbonyl (C=O) groups is 2. The Bertz CT molecular complexity index is 481. The molecule has 0 unspecified atom stereocenters. The van der Waals surface area contributed by atoms with Crippen LogP contribution in [-0.4, -0.2) is 11.6 Å². The lowest BCUT2D eigenvalue weighted by Gasteiger charge is -2.15. The molecule has 0 saturated heterocycles. The Kier molecular flexibility index (Phi) is 2.27. The molecule has 0 aromatic heterocycles. The molecule has 0 N–H and O–H groups in total. The van der Waals surface area contributed by atoms with E-state index in [0.29, 0.717) is 16.7 Å². The molecule has 1 aliphatic rings. The maximum Gasteiger partial charge on any atom is 0.189 e. The largest absolute Gasteiger partial charge is 0.289 e. The Hall–Kier alpha value is -1.70. The van der Waals surface area contributed by atoms with Crippen molar-refractivity contribution in [2.75, 3.05) is 0 Å². The number of Topliss-reactive ketones (excluding diaryl/α,β-unsaturated/α-hetero) is 1. The quantitative estimate of drug-likeness (QED) is 0.698. The highest BCUT2D eigenvalue weighted by atomic mass is 16.1. The molecule has 76 valence electrons. The lowest BCUT2D eigenvalue weighted by molar-refractivity contribution is 0.0983. The third-order valence-electron chi connectivity index (χ3n) is 2.73. The number of benzene rings is 1. The van der Waals surface area contributed by atoms with E-state index in [1.165, 1.54) is 6.08 Å². The molecule has 15 heavy (non-hydrogen) atoms. The van der Waals surface area contributed by atoms with Gasteiger partial charge in [-0.15, -0.1) is 0 Å². The highest BCUT2D eigenvalue weighted by molar-refractivity contribution is 6.24. The van der Waals surface area contributed by atoms with Crippen molar-refractivity contribution < 1.29 is 9.59 Å². The number of hydrogen-bond donors (Lipinski definition) is 0. The topological polar surface area (TPSA) is 34.1 Å².